The van der Waals surface area contributed by atoms with E-state index in [0.717, 1.165) is 22.5 Å². The molecule has 0 unspecified atom stereocenters. The van der Waals surface area contributed by atoms with Crippen molar-refractivity contribution in [2.24, 2.45) is 0 Å². The van der Waals surface area contributed by atoms with Gasteiger partial charge in [0.25, 0.3) is 5.56 Å². The quantitative estimate of drug-likeness (QED) is 0.534. The van der Waals surface area contributed by atoms with Gasteiger partial charge < -0.3 is 0 Å². The third kappa shape index (κ3) is 3.54. The van der Waals surface area contributed by atoms with Crippen molar-refractivity contribution < 1.29 is 0 Å². The number of hydrogen-bond donors (Lipinski definition) is 0. The van der Waals surface area contributed by atoms with Gasteiger partial charge in [0.15, 0.2) is 0 Å². The monoisotopic (exact) mass is 354 g/mol. The first-order chi connectivity index (χ1) is 13.1. The lowest BCUT2D eigenvalue weighted by Crippen LogP contribution is -2.26. The van der Waals surface area contributed by atoms with Crippen LogP contribution in [-0.2, 0) is 13.0 Å². The first-order valence-electron chi connectivity index (χ1n) is 9.20. The molecule has 0 bridgehead atoms. The number of fused-ring (bicyclic) bond motifs is 1. The van der Waals surface area contributed by atoms with Crippen molar-refractivity contribution in [2.45, 2.75) is 26.8 Å². The maximum atomic E-state index is 13.2. The van der Waals surface area contributed by atoms with Crippen molar-refractivity contribution in [3.05, 3.63) is 111 Å². The molecule has 0 saturated carbocycles. The predicted octanol–water partition coefficient (Wildman–Crippen LogP) is 4.65. The van der Waals surface area contributed by atoms with Gasteiger partial charge in [-0.2, -0.15) is 0 Å². The Balaban J connectivity index is 1.85. The molecule has 0 amide bonds. The van der Waals surface area contributed by atoms with Crippen molar-refractivity contribution in [3.63, 3.8) is 0 Å². The van der Waals surface area contributed by atoms with Crippen molar-refractivity contribution in [1.29, 1.82) is 0 Å². The highest BCUT2D eigenvalue weighted by Crippen LogP contribution is 2.15. The minimum Gasteiger partial charge on any atom is -0.291 e. The lowest BCUT2D eigenvalue weighted by atomic mass is 10.1. The number of aromatic nitrogens is 2. The van der Waals surface area contributed by atoms with Crippen LogP contribution < -0.4 is 5.56 Å². The van der Waals surface area contributed by atoms with Crippen LogP contribution in [0.25, 0.3) is 10.9 Å². The van der Waals surface area contributed by atoms with Crippen LogP contribution in [0.15, 0.2) is 77.6 Å². The first kappa shape index (κ1) is 17.2. The van der Waals surface area contributed by atoms with Gasteiger partial charge in [-0.1, -0.05) is 60.7 Å². The largest absolute Gasteiger partial charge is 0.291 e. The normalized spacial score (nSPS) is 11.0. The Labute approximate surface area is 158 Å². The van der Waals surface area contributed by atoms with E-state index in [1.165, 1.54) is 11.1 Å². The fraction of sp³-hybridized carbons (Fsp3) is 0.167. The molecule has 3 heteroatoms. The molecule has 0 fully saturated rings. The van der Waals surface area contributed by atoms with Gasteiger partial charge in [-0.3, -0.25) is 9.36 Å². The van der Waals surface area contributed by atoms with E-state index in [0.29, 0.717) is 18.4 Å². The molecule has 0 radical (unpaired) electrons. The highest BCUT2D eigenvalue weighted by atomic mass is 16.1. The van der Waals surface area contributed by atoms with Gasteiger partial charge in [-0.15, -0.1) is 0 Å². The molecule has 0 saturated heterocycles. The van der Waals surface area contributed by atoms with Crippen molar-refractivity contribution >= 4 is 10.9 Å². The Morgan fingerprint density at radius 3 is 2.33 bits per heavy atom. The molecule has 1 aromatic heterocycles. The summed E-state index contributed by atoms with van der Waals surface area (Å²) in [4.78, 5) is 18.0. The van der Waals surface area contributed by atoms with E-state index >= 15 is 0 Å². The summed E-state index contributed by atoms with van der Waals surface area (Å²) in [5.74, 6) is 0.795. The summed E-state index contributed by atoms with van der Waals surface area (Å²) >= 11 is 0. The van der Waals surface area contributed by atoms with Gasteiger partial charge in [0.2, 0.25) is 0 Å². The topological polar surface area (TPSA) is 34.9 Å². The van der Waals surface area contributed by atoms with E-state index in [1.807, 2.05) is 47.0 Å². The summed E-state index contributed by atoms with van der Waals surface area (Å²) in [7, 11) is 0. The van der Waals surface area contributed by atoms with Crippen LogP contribution in [-0.4, -0.2) is 9.55 Å². The van der Waals surface area contributed by atoms with Crippen LogP contribution in [0.1, 0.15) is 28.1 Å². The molecule has 3 aromatic carbocycles. The number of rotatable bonds is 4. The average molecular weight is 354 g/mol. The number of para-hydroxylation sites is 1. The average Bonchev–Trinajstić information content (AvgIpc) is 2.68. The number of benzene rings is 3. The second-order valence-electron chi connectivity index (χ2n) is 7.02. The molecule has 4 rings (SSSR count). The highest BCUT2D eigenvalue weighted by molar-refractivity contribution is 5.77. The van der Waals surface area contributed by atoms with Crippen LogP contribution in [0.2, 0.25) is 0 Å². The molecule has 0 atom stereocenters. The standard InChI is InChI=1S/C24H22N2O/c1-17-12-13-20(14-18(17)2)16-26-23(15-19-8-4-3-5-9-19)25-22-11-7-6-10-21(22)24(26)27/h3-14H,15-16H2,1-2H3. The first-order valence-corrected chi connectivity index (χ1v) is 9.20. The summed E-state index contributed by atoms with van der Waals surface area (Å²) in [5.41, 5.74) is 5.53. The highest BCUT2D eigenvalue weighted by Gasteiger charge is 2.12. The summed E-state index contributed by atoms with van der Waals surface area (Å²) in [5, 5.41) is 0.665. The smallest absolute Gasteiger partial charge is 0.261 e. The zero-order valence-electron chi connectivity index (χ0n) is 15.6. The molecule has 0 aliphatic rings. The van der Waals surface area contributed by atoms with E-state index in [1.54, 1.807) is 0 Å². The van der Waals surface area contributed by atoms with Crippen molar-refractivity contribution in [3.8, 4) is 0 Å². The minimum atomic E-state index is 0.0183. The maximum absolute atomic E-state index is 13.2. The molecular weight excluding hydrogens is 332 g/mol. The van der Waals surface area contributed by atoms with Crippen molar-refractivity contribution in [2.75, 3.05) is 0 Å². The summed E-state index contributed by atoms with van der Waals surface area (Å²) in [6, 6.07) is 24.1. The third-order valence-corrected chi connectivity index (χ3v) is 5.06. The van der Waals surface area contributed by atoms with Gasteiger partial charge in [-0.25, -0.2) is 4.98 Å². The number of aryl methyl sites for hydroxylation is 2. The second-order valence-corrected chi connectivity index (χ2v) is 7.02. The fourth-order valence-electron chi connectivity index (χ4n) is 3.37. The Bertz CT molecular complexity index is 1160. The number of hydrogen-bond acceptors (Lipinski definition) is 2. The van der Waals surface area contributed by atoms with Crippen LogP contribution in [0.4, 0.5) is 0 Å². The molecule has 1 heterocycles. The van der Waals surface area contributed by atoms with E-state index < -0.39 is 0 Å². The van der Waals surface area contributed by atoms with E-state index in [2.05, 4.69) is 44.2 Å². The van der Waals surface area contributed by atoms with Crippen LogP contribution in [0.3, 0.4) is 0 Å². The maximum Gasteiger partial charge on any atom is 0.261 e. The van der Waals surface area contributed by atoms with Crippen LogP contribution in [0, 0.1) is 13.8 Å². The summed E-state index contributed by atoms with van der Waals surface area (Å²) in [6.45, 7) is 4.73. The van der Waals surface area contributed by atoms with E-state index in [-0.39, 0.29) is 5.56 Å². The minimum absolute atomic E-state index is 0.0183. The lowest BCUT2D eigenvalue weighted by Gasteiger charge is -2.15. The Kier molecular flexibility index (Phi) is 4.59. The SMILES string of the molecule is Cc1ccc(Cn2c(Cc3ccccc3)nc3ccccc3c2=O)cc1C. The Morgan fingerprint density at radius 1 is 0.815 bits per heavy atom. The van der Waals surface area contributed by atoms with Crippen LogP contribution in [0.5, 0.6) is 0 Å². The van der Waals surface area contributed by atoms with E-state index in [9.17, 15) is 4.79 Å². The van der Waals surface area contributed by atoms with Gasteiger partial charge in [0, 0.05) is 6.42 Å². The molecule has 0 aliphatic carbocycles. The van der Waals surface area contributed by atoms with Crippen molar-refractivity contribution in [1.82, 2.24) is 9.55 Å². The van der Waals surface area contributed by atoms with Gasteiger partial charge in [0.1, 0.15) is 5.82 Å². The van der Waals surface area contributed by atoms with E-state index in [4.69, 9.17) is 4.98 Å². The number of nitrogens with zero attached hydrogens (tertiary/aromatic N) is 2. The second kappa shape index (κ2) is 7.20. The zero-order chi connectivity index (χ0) is 18.8. The molecular formula is C24H22N2O. The predicted molar refractivity (Wildman–Crippen MR) is 110 cm³/mol. The molecule has 134 valence electrons. The fourth-order valence-corrected chi connectivity index (χ4v) is 3.37. The molecule has 0 N–H and O–H groups in total. The Hall–Kier alpha value is -3.20. The molecule has 27 heavy (non-hydrogen) atoms. The summed E-state index contributed by atoms with van der Waals surface area (Å²) < 4.78 is 1.82. The molecule has 0 aliphatic heterocycles. The third-order valence-electron chi connectivity index (χ3n) is 5.06. The van der Waals surface area contributed by atoms with Crippen LogP contribution >= 0.6 is 0 Å². The molecule has 3 nitrogen and oxygen atoms in total. The van der Waals surface area contributed by atoms with Gasteiger partial charge in [-0.05, 0) is 48.2 Å². The molecule has 0 spiro atoms. The van der Waals surface area contributed by atoms with Gasteiger partial charge in [0.05, 0.1) is 17.4 Å². The summed E-state index contributed by atoms with van der Waals surface area (Å²) in [6.07, 6.45) is 0.631. The van der Waals surface area contributed by atoms with Gasteiger partial charge >= 0.3 is 0 Å². The lowest BCUT2D eigenvalue weighted by molar-refractivity contribution is 0.693. The molecule has 4 aromatic rings. The zero-order valence-corrected chi connectivity index (χ0v) is 15.6. The Morgan fingerprint density at radius 2 is 1.56 bits per heavy atom.